The first-order chi connectivity index (χ1) is 20.7. The van der Waals surface area contributed by atoms with Crippen molar-refractivity contribution >= 4 is 54.5 Å². The standard InChI is InChI=1S/C40H28N2/c41-39-35-15-7-3-11-31(35)29-9-1-5-13-33(29)37(39)27-21-17-25(18-22-27)26-19-23-28(24-20-26)38-34-14-6-2-10-30(34)32-12-4-8-16-36(32)40(38)42/h1-24H,41-42H2. The Hall–Kier alpha value is -5.60. The van der Waals surface area contributed by atoms with E-state index in [1.807, 2.05) is 0 Å². The first kappa shape index (κ1) is 24.2. The van der Waals surface area contributed by atoms with Crippen molar-refractivity contribution in [3.63, 3.8) is 0 Å². The van der Waals surface area contributed by atoms with Gasteiger partial charge in [0.25, 0.3) is 0 Å². The lowest BCUT2D eigenvalue weighted by atomic mass is 9.89. The topological polar surface area (TPSA) is 52.0 Å². The summed E-state index contributed by atoms with van der Waals surface area (Å²) in [5, 5.41) is 9.33. The van der Waals surface area contributed by atoms with Crippen LogP contribution in [-0.2, 0) is 0 Å². The van der Waals surface area contributed by atoms with Crippen LogP contribution in [0.3, 0.4) is 0 Å². The first-order valence-corrected chi connectivity index (χ1v) is 14.3. The maximum Gasteiger partial charge on any atom is 0.0479 e. The largest absolute Gasteiger partial charge is 0.398 e. The van der Waals surface area contributed by atoms with Gasteiger partial charge in [-0.15, -0.1) is 0 Å². The highest BCUT2D eigenvalue weighted by Crippen LogP contribution is 2.43. The van der Waals surface area contributed by atoms with E-state index in [4.69, 9.17) is 11.5 Å². The fourth-order valence-corrected chi connectivity index (χ4v) is 6.62. The summed E-state index contributed by atoms with van der Waals surface area (Å²) < 4.78 is 0. The molecule has 42 heavy (non-hydrogen) atoms. The average molecular weight is 537 g/mol. The van der Waals surface area contributed by atoms with Gasteiger partial charge in [-0.3, -0.25) is 0 Å². The number of nitrogens with two attached hydrogens (primary N) is 2. The lowest BCUT2D eigenvalue weighted by Gasteiger charge is -2.16. The number of rotatable bonds is 3. The van der Waals surface area contributed by atoms with E-state index in [-0.39, 0.29) is 0 Å². The highest BCUT2D eigenvalue weighted by molar-refractivity contribution is 6.21. The Morgan fingerprint density at radius 3 is 0.810 bits per heavy atom. The molecule has 2 heteroatoms. The fraction of sp³-hybridized carbons (Fsp3) is 0. The van der Waals surface area contributed by atoms with E-state index >= 15 is 0 Å². The third-order valence-electron chi connectivity index (χ3n) is 8.63. The van der Waals surface area contributed by atoms with Crippen LogP contribution in [0.2, 0.25) is 0 Å². The Morgan fingerprint density at radius 2 is 0.476 bits per heavy atom. The van der Waals surface area contributed by atoms with Crippen LogP contribution >= 0.6 is 0 Å². The molecule has 4 N–H and O–H groups in total. The minimum atomic E-state index is 0.821. The number of nitrogen functional groups attached to an aromatic ring is 2. The summed E-state index contributed by atoms with van der Waals surface area (Å²) in [6, 6.07) is 51.3. The Kier molecular flexibility index (Phi) is 5.48. The monoisotopic (exact) mass is 536 g/mol. The fourth-order valence-electron chi connectivity index (χ4n) is 6.62. The average Bonchev–Trinajstić information content (AvgIpc) is 3.06. The molecule has 0 aliphatic heterocycles. The maximum atomic E-state index is 6.81. The minimum absolute atomic E-state index is 0.821. The van der Waals surface area contributed by atoms with Crippen LogP contribution in [0.15, 0.2) is 146 Å². The predicted octanol–water partition coefficient (Wildman–Crippen LogP) is 10.5. The SMILES string of the molecule is Nc1c(-c2ccc(-c3ccc(-c4c(N)c5ccccc5c5ccccc45)cc3)cc2)c2ccccc2c2ccccc12. The maximum absolute atomic E-state index is 6.81. The quantitative estimate of drug-likeness (QED) is 0.174. The van der Waals surface area contributed by atoms with E-state index < -0.39 is 0 Å². The number of fused-ring (bicyclic) bond motifs is 6. The molecule has 0 saturated heterocycles. The van der Waals surface area contributed by atoms with Gasteiger partial charge < -0.3 is 11.5 Å². The van der Waals surface area contributed by atoms with Gasteiger partial charge in [-0.05, 0) is 54.6 Å². The van der Waals surface area contributed by atoms with Gasteiger partial charge in [0.15, 0.2) is 0 Å². The zero-order valence-corrected chi connectivity index (χ0v) is 23.0. The van der Waals surface area contributed by atoms with Crippen LogP contribution in [-0.4, -0.2) is 0 Å². The molecule has 0 fully saturated rings. The summed E-state index contributed by atoms with van der Waals surface area (Å²) in [5.41, 5.74) is 22.0. The van der Waals surface area contributed by atoms with Crippen LogP contribution in [0, 0.1) is 0 Å². The molecule has 0 bridgehead atoms. The highest BCUT2D eigenvalue weighted by atomic mass is 14.6. The molecule has 0 radical (unpaired) electrons. The van der Waals surface area contributed by atoms with E-state index in [2.05, 4.69) is 146 Å². The summed E-state index contributed by atoms with van der Waals surface area (Å²) in [4.78, 5) is 0. The molecule has 0 aliphatic carbocycles. The molecule has 0 unspecified atom stereocenters. The van der Waals surface area contributed by atoms with E-state index in [1.165, 1.54) is 32.3 Å². The second-order valence-corrected chi connectivity index (χ2v) is 10.9. The van der Waals surface area contributed by atoms with Crippen molar-refractivity contribution in [1.82, 2.24) is 0 Å². The Labute approximate surface area is 244 Å². The van der Waals surface area contributed by atoms with Crippen molar-refractivity contribution in [3.8, 4) is 33.4 Å². The smallest absolute Gasteiger partial charge is 0.0479 e. The molecule has 0 amide bonds. The molecule has 8 aromatic rings. The first-order valence-electron chi connectivity index (χ1n) is 14.3. The minimum Gasteiger partial charge on any atom is -0.398 e. The zero-order chi connectivity index (χ0) is 28.2. The lowest BCUT2D eigenvalue weighted by Crippen LogP contribution is -1.95. The predicted molar refractivity (Wildman–Crippen MR) is 182 cm³/mol. The summed E-state index contributed by atoms with van der Waals surface area (Å²) in [6.07, 6.45) is 0. The molecule has 0 aromatic heterocycles. The molecule has 8 aromatic carbocycles. The molecule has 0 aliphatic rings. The number of hydrogen-bond donors (Lipinski definition) is 2. The number of anilines is 2. The normalized spacial score (nSPS) is 11.5. The molecule has 8 rings (SSSR count). The van der Waals surface area contributed by atoms with Crippen LogP contribution in [0.4, 0.5) is 11.4 Å². The number of hydrogen-bond acceptors (Lipinski definition) is 2. The van der Waals surface area contributed by atoms with Crippen LogP contribution < -0.4 is 11.5 Å². The number of benzene rings is 8. The molecule has 2 nitrogen and oxygen atoms in total. The molecule has 0 saturated carbocycles. The molecule has 0 atom stereocenters. The van der Waals surface area contributed by atoms with E-state index in [0.29, 0.717) is 0 Å². The Bertz CT molecular complexity index is 2130. The van der Waals surface area contributed by atoms with Crippen LogP contribution in [0.1, 0.15) is 0 Å². The van der Waals surface area contributed by atoms with Gasteiger partial charge >= 0.3 is 0 Å². The van der Waals surface area contributed by atoms with Crippen molar-refractivity contribution in [1.29, 1.82) is 0 Å². The Morgan fingerprint density at radius 1 is 0.238 bits per heavy atom. The third kappa shape index (κ3) is 3.66. The molecular formula is C40H28N2. The molecular weight excluding hydrogens is 508 g/mol. The van der Waals surface area contributed by atoms with E-state index in [9.17, 15) is 0 Å². The van der Waals surface area contributed by atoms with Crippen LogP contribution in [0.5, 0.6) is 0 Å². The van der Waals surface area contributed by atoms with E-state index in [0.717, 1.165) is 55.5 Å². The van der Waals surface area contributed by atoms with Crippen molar-refractivity contribution < 1.29 is 0 Å². The van der Waals surface area contributed by atoms with Gasteiger partial charge in [-0.2, -0.15) is 0 Å². The van der Waals surface area contributed by atoms with Crippen molar-refractivity contribution in [2.75, 3.05) is 11.5 Å². The van der Waals surface area contributed by atoms with Gasteiger partial charge in [0.1, 0.15) is 0 Å². The second kappa shape index (κ2) is 9.50. The van der Waals surface area contributed by atoms with Gasteiger partial charge in [-0.1, -0.05) is 146 Å². The molecule has 198 valence electrons. The van der Waals surface area contributed by atoms with Crippen LogP contribution in [0.25, 0.3) is 76.5 Å². The molecule has 0 spiro atoms. The summed E-state index contributed by atoms with van der Waals surface area (Å²) in [7, 11) is 0. The van der Waals surface area contributed by atoms with Crippen molar-refractivity contribution in [2.45, 2.75) is 0 Å². The summed E-state index contributed by atoms with van der Waals surface area (Å²) in [6.45, 7) is 0. The van der Waals surface area contributed by atoms with Gasteiger partial charge in [0.05, 0.1) is 0 Å². The second-order valence-electron chi connectivity index (χ2n) is 10.9. The summed E-state index contributed by atoms with van der Waals surface area (Å²) in [5.74, 6) is 0. The Balaban J connectivity index is 1.21. The van der Waals surface area contributed by atoms with Gasteiger partial charge in [0, 0.05) is 33.3 Å². The zero-order valence-electron chi connectivity index (χ0n) is 23.0. The third-order valence-corrected chi connectivity index (χ3v) is 8.63. The molecule has 0 heterocycles. The summed E-state index contributed by atoms with van der Waals surface area (Å²) >= 11 is 0. The van der Waals surface area contributed by atoms with Gasteiger partial charge in [0.2, 0.25) is 0 Å². The van der Waals surface area contributed by atoms with Crippen molar-refractivity contribution in [3.05, 3.63) is 146 Å². The lowest BCUT2D eigenvalue weighted by molar-refractivity contribution is 1.60. The highest BCUT2D eigenvalue weighted by Gasteiger charge is 2.15. The van der Waals surface area contributed by atoms with Gasteiger partial charge in [-0.25, -0.2) is 0 Å². The van der Waals surface area contributed by atoms with Crippen molar-refractivity contribution in [2.24, 2.45) is 0 Å². The van der Waals surface area contributed by atoms with E-state index in [1.54, 1.807) is 0 Å².